The highest BCUT2D eigenvalue weighted by Crippen LogP contribution is 2.28. The number of thioether (sulfide) groups is 1. The molecular weight excluding hydrogens is 186 g/mol. The van der Waals surface area contributed by atoms with Crippen LogP contribution in [0, 0.1) is 5.92 Å². The number of hydrogen-bond acceptors (Lipinski definition) is 3. The summed E-state index contributed by atoms with van der Waals surface area (Å²) in [6.45, 7) is 5.87. The van der Waals surface area contributed by atoms with Gasteiger partial charge in [-0.15, -0.1) is 0 Å². The number of carbonyl (C=O) groups excluding carboxylic acids is 2. The molecule has 4 heteroatoms. The van der Waals surface area contributed by atoms with E-state index in [0.29, 0.717) is 12.3 Å². The van der Waals surface area contributed by atoms with Crippen molar-refractivity contribution in [2.45, 2.75) is 33.2 Å². The molecule has 0 aromatic heterocycles. The monoisotopic (exact) mass is 201 g/mol. The predicted octanol–water partition coefficient (Wildman–Crippen LogP) is 2.12. The van der Waals surface area contributed by atoms with Crippen molar-refractivity contribution in [3.05, 3.63) is 0 Å². The van der Waals surface area contributed by atoms with Gasteiger partial charge in [-0.25, -0.2) is 0 Å². The molecule has 1 unspecified atom stereocenters. The van der Waals surface area contributed by atoms with Crippen molar-refractivity contribution >= 4 is 22.9 Å². The van der Waals surface area contributed by atoms with Crippen molar-refractivity contribution in [2.24, 2.45) is 5.92 Å². The topological polar surface area (TPSA) is 37.4 Å². The van der Waals surface area contributed by atoms with Crippen molar-refractivity contribution in [2.75, 3.05) is 5.75 Å². The summed E-state index contributed by atoms with van der Waals surface area (Å²) in [7, 11) is 0. The number of rotatable bonds is 2. The van der Waals surface area contributed by atoms with E-state index in [4.69, 9.17) is 0 Å². The van der Waals surface area contributed by atoms with Crippen LogP contribution in [0.5, 0.6) is 0 Å². The minimum Gasteiger partial charge on any atom is -0.274 e. The minimum atomic E-state index is -0.0782. The molecule has 0 aromatic carbocycles. The highest BCUT2D eigenvalue weighted by atomic mass is 32.2. The fraction of sp³-hybridized carbons (Fsp3) is 0.778. The number of amides is 2. The van der Waals surface area contributed by atoms with Crippen molar-refractivity contribution in [3.8, 4) is 0 Å². The van der Waals surface area contributed by atoms with Gasteiger partial charge in [0.1, 0.15) is 0 Å². The van der Waals surface area contributed by atoms with Gasteiger partial charge < -0.3 is 0 Å². The molecule has 1 aliphatic heterocycles. The van der Waals surface area contributed by atoms with Gasteiger partial charge in [-0.05, 0) is 5.92 Å². The lowest BCUT2D eigenvalue weighted by molar-refractivity contribution is -0.129. The lowest BCUT2D eigenvalue weighted by Crippen LogP contribution is -2.41. The zero-order valence-corrected chi connectivity index (χ0v) is 9.06. The van der Waals surface area contributed by atoms with E-state index < -0.39 is 0 Å². The van der Waals surface area contributed by atoms with E-state index in [2.05, 4.69) is 0 Å². The molecule has 1 rings (SSSR count). The van der Waals surface area contributed by atoms with Crippen LogP contribution in [0.3, 0.4) is 0 Å². The van der Waals surface area contributed by atoms with Crippen LogP contribution in [0.2, 0.25) is 0 Å². The van der Waals surface area contributed by atoms with Crippen LogP contribution in [-0.2, 0) is 4.79 Å². The molecular formula is C9H15NO2S. The molecule has 1 fully saturated rings. The molecule has 1 aliphatic rings. The zero-order valence-electron chi connectivity index (χ0n) is 8.24. The van der Waals surface area contributed by atoms with Crippen LogP contribution in [0.1, 0.15) is 27.2 Å². The number of carbonyl (C=O) groups is 2. The van der Waals surface area contributed by atoms with E-state index in [0.717, 1.165) is 5.75 Å². The van der Waals surface area contributed by atoms with Gasteiger partial charge in [-0.3, -0.25) is 14.5 Å². The van der Waals surface area contributed by atoms with Crippen LogP contribution in [-0.4, -0.2) is 27.8 Å². The first kappa shape index (κ1) is 10.6. The maximum absolute atomic E-state index is 11.4. The van der Waals surface area contributed by atoms with Crippen LogP contribution in [0.15, 0.2) is 0 Å². The maximum Gasteiger partial charge on any atom is 0.288 e. The van der Waals surface area contributed by atoms with Gasteiger partial charge in [0.25, 0.3) is 5.24 Å². The Morgan fingerprint density at radius 1 is 1.69 bits per heavy atom. The predicted molar refractivity (Wildman–Crippen MR) is 53.6 cm³/mol. The van der Waals surface area contributed by atoms with Gasteiger partial charge in [0.15, 0.2) is 0 Å². The third-order valence-electron chi connectivity index (χ3n) is 2.25. The molecule has 0 aromatic rings. The molecule has 0 N–H and O–H groups in total. The number of imide groups is 1. The average Bonchev–Trinajstić information content (AvgIpc) is 2.46. The molecule has 1 atom stereocenters. The van der Waals surface area contributed by atoms with E-state index >= 15 is 0 Å². The number of hydrogen-bond donors (Lipinski definition) is 0. The Bertz CT molecular complexity index is 228. The Balaban J connectivity index is 2.77. The minimum absolute atomic E-state index is 0.0475. The first-order valence-corrected chi connectivity index (χ1v) is 5.55. The van der Waals surface area contributed by atoms with Gasteiger partial charge in [-0.1, -0.05) is 32.5 Å². The molecule has 0 bridgehead atoms. The molecule has 74 valence electrons. The van der Waals surface area contributed by atoms with Crippen molar-refractivity contribution in [1.82, 2.24) is 4.90 Å². The van der Waals surface area contributed by atoms with E-state index in [1.165, 1.54) is 16.7 Å². The quantitative estimate of drug-likeness (QED) is 0.686. The summed E-state index contributed by atoms with van der Waals surface area (Å²) in [6.07, 6.45) is 0.412. The lowest BCUT2D eigenvalue weighted by Gasteiger charge is -2.24. The largest absolute Gasteiger partial charge is 0.288 e. The van der Waals surface area contributed by atoms with Crippen molar-refractivity contribution in [3.63, 3.8) is 0 Å². The lowest BCUT2D eigenvalue weighted by atomic mass is 10.1. The third-order valence-corrected chi connectivity index (χ3v) is 3.20. The van der Waals surface area contributed by atoms with Crippen LogP contribution in [0.25, 0.3) is 0 Å². The molecule has 13 heavy (non-hydrogen) atoms. The SMILES string of the molecule is CCC(=O)N1C(=O)SCC1C(C)C. The van der Waals surface area contributed by atoms with Crippen LogP contribution < -0.4 is 0 Å². The average molecular weight is 201 g/mol. The maximum atomic E-state index is 11.4. The van der Waals surface area contributed by atoms with Crippen LogP contribution in [0.4, 0.5) is 4.79 Å². The van der Waals surface area contributed by atoms with E-state index in [1.54, 1.807) is 6.92 Å². The molecule has 3 nitrogen and oxygen atoms in total. The van der Waals surface area contributed by atoms with E-state index in [1.807, 2.05) is 13.8 Å². The molecule has 0 aliphatic carbocycles. The summed E-state index contributed by atoms with van der Waals surface area (Å²) in [5.74, 6) is 1.06. The fourth-order valence-corrected chi connectivity index (χ4v) is 2.61. The Morgan fingerprint density at radius 2 is 2.31 bits per heavy atom. The summed E-state index contributed by atoms with van der Waals surface area (Å²) in [4.78, 5) is 24.2. The van der Waals surface area contributed by atoms with Crippen LogP contribution >= 0.6 is 11.8 Å². The highest BCUT2D eigenvalue weighted by Gasteiger charge is 2.37. The summed E-state index contributed by atoms with van der Waals surface area (Å²) in [5, 5.41) is -0.0782. The second kappa shape index (κ2) is 4.13. The number of nitrogens with zero attached hydrogens (tertiary/aromatic N) is 1. The smallest absolute Gasteiger partial charge is 0.274 e. The van der Waals surface area contributed by atoms with Gasteiger partial charge >= 0.3 is 0 Å². The summed E-state index contributed by atoms with van der Waals surface area (Å²) < 4.78 is 0. The molecule has 2 amide bonds. The summed E-state index contributed by atoms with van der Waals surface area (Å²) in [6, 6.07) is 0.102. The van der Waals surface area contributed by atoms with Crippen molar-refractivity contribution in [1.29, 1.82) is 0 Å². The van der Waals surface area contributed by atoms with Gasteiger partial charge in [-0.2, -0.15) is 0 Å². The highest BCUT2D eigenvalue weighted by molar-refractivity contribution is 8.14. The molecule has 0 radical (unpaired) electrons. The second-order valence-electron chi connectivity index (χ2n) is 3.51. The Morgan fingerprint density at radius 3 is 2.77 bits per heavy atom. The first-order valence-electron chi connectivity index (χ1n) is 4.56. The molecule has 0 spiro atoms. The van der Waals surface area contributed by atoms with Gasteiger partial charge in [0, 0.05) is 12.2 Å². The van der Waals surface area contributed by atoms with Gasteiger partial charge in [0.2, 0.25) is 5.91 Å². The first-order chi connectivity index (χ1) is 6.07. The van der Waals surface area contributed by atoms with Crippen molar-refractivity contribution < 1.29 is 9.59 Å². The standard InChI is InChI=1S/C9H15NO2S/c1-4-8(11)10-7(6(2)3)5-13-9(10)12/h6-7H,4-5H2,1-3H3. The van der Waals surface area contributed by atoms with Gasteiger partial charge in [0.05, 0.1) is 6.04 Å². The molecule has 0 saturated carbocycles. The molecule has 1 saturated heterocycles. The summed E-state index contributed by atoms with van der Waals surface area (Å²) >= 11 is 1.25. The Labute approximate surface area is 82.9 Å². The third kappa shape index (κ3) is 2.05. The summed E-state index contributed by atoms with van der Waals surface area (Å²) in [5.41, 5.74) is 0. The normalized spacial score (nSPS) is 22.9. The molecule has 1 heterocycles. The van der Waals surface area contributed by atoms with E-state index in [-0.39, 0.29) is 17.2 Å². The Hall–Kier alpha value is -0.510. The van der Waals surface area contributed by atoms with E-state index in [9.17, 15) is 9.59 Å². The fourth-order valence-electron chi connectivity index (χ4n) is 1.38. The second-order valence-corrected chi connectivity index (χ2v) is 4.48. The Kier molecular flexibility index (Phi) is 3.36. The zero-order chi connectivity index (χ0) is 10.0.